The molecule has 3 nitrogen and oxygen atoms in total. The molecule has 0 radical (unpaired) electrons. The highest BCUT2D eigenvalue weighted by Crippen LogP contribution is 2.37. The molecule has 1 aromatic carbocycles. The van der Waals surface area contributed by atoms with Crippen LogP contribution in [0.3, 0.4) is 0 Å². The van der Waals surface area contributed by atoms with Crippen LogP contribution in [0.1, 0.15) is 95.1 Å². The molecule has 1 aromatic rings. The van der Waals surface area contributed by atoms with Crippen LogP contribution in [0.15, 0.2) is 99.9 Å². The molecule has 0 unspecified atom stereocenters. The highest BCUT2D eigenvalue weighted by molar-refractivity contribution is 5.98. The Morgan fingerprint density at radius 2 is 1.93 bits per heavy atom. The summed E-state index contributed by atoms with van der Waals surface area (Å²) in [6.07, 6.45) is 27.0. The zero-order valence-corrected chi connectivity index (χ0v) is 26.1. The van der Waals surface area contributed by atoms with E-state index in [-0.39, 0.29) is 6.42 Å². The Balaban J connectivity index is 1.21. The van der Waals surface area contributed by atoms with Gasteiger partial charge in [0.25, 0.3) is 0 Å². The molecular formula is C39H46F2N2O. The van der Waals surface area contributed by atoms with Gasteiger partial charge in [0.1, 0.15) is 0 Å². The Hall–Kier alpha value is -3.60. The SMILES string of the molecule is CCC/C(=C\CC/C=C/c1ccc(C2=CCC3=CN=CC=C(N4CC/C=C(\C(=O)C5CC5)CCC4)C3=C2)cc1)CCC(F)F. The van der Waals surface area contributed by atoms with Crippen LogP contribution in [-0.4, -0.2) is 36.4 Å². The molecule has 0 aromatic heterocycles. The van der Waals surface area contributed by atoms with Crippen molar-refractivity contribution in [3.63, 3.8) is 0 Å². The van der Waals surface area contributed by atoms with E-state index in [1.54, 1.807) is 0 Å². The average Bonchev–Trinajstić information content (AvgIpc) is 3.87. The molecule has 4 aliphatic rings. The second kappa shape index (κ2) is 15.9. The average molecular weight is 597 g/mol. The smallest absolute Gasteiger partial charge is 0.238 e. The maximum Gasteiger partial charge on any atom is 0.238 e. The normalized spacial score (nSPS) is 20.6. The van der Waals surface area contributed by atoms with E-state index in [2.05, 4.69) is 83.6 Å². The second-order valence-electron chi connectivity index (χ2n) is 12.3. The van der Waals surface area contributed by atoms with Gasteiger partial charge < -0.3 is 4.90 Å². The summed E-state index contributed by atoms with van der Waals surface area (Å²) < 4.78 is 25.2. The molecule has 2 aliphatic carbocycles. The number of carbonyl (C=O) groups is 1. The van der Waals surface area contributed by atoms with Crippen LogP contribution < -0.4 is 0 Å². The minimum atomic E-state index is -2.22. The summed E-state index contributed by atoms with van der Waals surface area (Å²) in [6, 6.07) is 8.71. The van der Waals surface area contributed by atoms with E-state index in [4.69, 9.17) is 0 Å². The van der Waals surface area contributed by atoms with Gasteiger partial charge in [-0.25, -0.2) is 8.78 Å². The Labute approximate surface area is 262 Å². The number of carbonyl (C=O) groups excluding carboxylic acids is 1. The molecule has 232 valence electrons. The molecule has 5 rings (SSSR count). The number of aliphatic imine (C=N–C) groups is 1. The number of allylic oxidation sites excluding steroid dienone is 9. The predicted molar refractivity (Wildman–Crippen MR) is 180 cm³/mol. The molecule has 0 spiro atoms. The quantitative estimate of drug-likeness (QED) is 0.168. The van der Waals surface area contributed by atoms with E-state index in [0.717, 1.165) is 94.0 Å². The number of alkyl halides is 2. The summed E-state index contributed by atoms with van der Waals surface area (Å²) in [6.45, 7) is 3.93. The molecule has 1 fully saturated rings. The number of hydrogen-bond donors (Lipinski definition) is 0. The summed E-state index contributed by atoms with van der Waals surface area (Å²) >= 11 is 0. The first-order valence-corrected chi connectivity index (χ1v) is 16.6. The predicted octanol–water partition coefficient (Wildman–Crippen LogP) is 10.2. The molecule has 5 heteroatoms. The largest absolute Gasteiger partial charge is 0.371 e. The molecular weight excluding hydrogens is 550 g/mol. The first-order chi connectivity index (χ1) is 21.5. The van der Waals surface area contributed by atoms with E-state index >= 15 is 0 Å². The second-order valence-corrected chi connectivity index (χ2v) is 12.3. The fraction of sp³-hybridized carbons (Fsp3) is 0.436. The van der Waals surface area contributed by atoms with Crippen molar-refractivity contribution < 1.29 is 13.6 Å². The lowest BCUT2D eigenvalue weighted by Crippen LogP contribution is -2.28. The fourth-order valence-corrected chi connectivity index (χ4v) is 6.29. The molecule has 2 aliphatic heterocycles. The van der Waals surface area contributed by atoms with E-state index in [0.29, 0.717) is 18.1 Å². The van der Waals surface area contributed by atoms with Crippen LogP contribution in [0.4, 0.5) is 8.78 Å². The third-order valence-corrected chi connectivity index (χ3v) is 8.86. The van der Waals surface area contributed by atoms with Crippen molar-refractivity contribution in [2.24, 2.45) is 10.9 Å². The number of Topliss-reactive ketones (excluding diaryl/α,β-unsaturated/α-hetero) is 1. The third kappa shape index (κ3) is 8.97. The van der Waals surface area contributed by atoms with Crippen LogP contribution in [-0.2, 0) is 4.79 Å². The Morgan fingerprint density at radius 1 is 1.09 bits per heavy atom. The standard InChI is InChI=1S/C39H46F2N2O/c1-2-8-29(15-22-38(40)41)9-4-3-5-10-30-13-16-31(17-14-30)34-20-21-35-28-42-24-23-37(36(35)27-34)43-25-6-11-32(12-7-26-43)39(44)33-18-19-33/h5,9-11,13-14,16-17,20,23-24,27-28,33,38H,2-4,6-8,12,15,18-19,21-22,25-26H2,1H3/b10-5+,29-9+,32-11-. The van der Waals surface area contributed by atoms with Crippen molar-refractivity contribution in [3.05, 3.63) is 106 Å². The maximum atomic E-state index is 12.6. The van der Waals surface area contributed by atoms with Gasteiger partial charge in [0.05, 0.1) is 0 Å². The monoisotopic (exact) mass is 596 g/mol. The molecule has 44 heavy (non-hydrogen) atoms. The van der Waals surface area contributed by atoms with Crippen molar-refractivity contribution in [2.45, 2.75) is 90.4 Å². The van der Waals surface area contributed by atoms with Crippen molar-refractivity contribution >= 4 is 23.6 Å². The van der Waals surface area contributed by atoms with Gasteiger partial charge in [0, 0.05) is 49.1 Å². The summed E-state index contributed by atoms with van der Waals surface area (Å²) in [5, 5.41) is 0. The van der Waals surface area contributed by atoms with Crippen LogP contribution >= 0.6 is 0 Å². The van der Waals surface area contributed by atoms with Gasteiger partial charge in [-0.1, -0.05) is 73.6 Å². The maximum absolute atomic E-state index is 12.6. The van der Waals surface area contributed by atoms with Crippen molar-refractivity contribution in [1.29, 1.82) is 0 Å². The van der Waals surface area contributed by atoms with Crippen LogP contribution in [0.5, 0.6) is 0 Å². The highest BCUT2D eigenvalue weighted by atomic mass is 19.3. The van der Waals surface area contributed by atoms with Gasteiger partial charge in [0.2, 0.25) is 6.43 Å². The Kier molecular flexibility index (Phi) is 11.5. The van der Waals surface area contributed by atoms with E-state index in [1.165, 1.54) is 28.0 Å². The lowest BCUT2D eigenvalue weighted by Gasteiger charge is -2.31. The van der Waals surface area contributed by atoms with E-state index < -0.39 is 6.43 Å². The molecule has 0 bridgehead atoms. The number of rotatable bonds is 13. The summed E-state index contributed by atoms with van der Waals surface area (Å²) in [5.41, 5.74) is 9.50. The van der Waals surface area contributed by atoms with Crippen LogP contribution in [0.25, 0.3) is 11.6 Å². The first-order valence-electron chi connectivity index (χ1n) is 16.6. The molecule has 2 heterocycles. The number of halogens is 2. The third-order valence-electron chi connectivity index (χ3n) is 8.86. The number of nitrogens with zero attached hydrogens (tertiary/aromatic N) is 2. The molecule has 0 amide bonds. The van der Waals surface area contributed by atoms with Gasteiger partial charge in [-0.3, -0.25) is 9.79 Å². The number of fused-ring (bicyclic) bond motifs is 1. The lowest BCUT2D eigenvalue weighted by atomic mass is 9.88. The minimum Gasteiger partial charge on any atom is -0.371 e. The summed E-state index contributed by atoms with van der Waals surface area (Å²) in [7, 11) is 0. The van der Waals surface area contributed by atoms with Gasteiger partial charge in [-0.15, -0.1) is 0 Å². The number of benzene rings is 1. The van der Waals surface area contributed by atoms with Gasteiger partial charge in [-0.05, 0) is 104 Å². The zero-order chi connectivity index (χ0) is 30.7. The van der Waals surface area contributed by atoms with Gasteiger partial charge in [-0.2, -0.15) is 0 Å². The number of hydrogen-bond acceptors (Lipinski definition) is 3. The van der Waals surface area contributed by atoms with Crippen LogP contribution in [0, 0.1) is 5.92 Å². The Bertz CT molecular complexity index is 1410. The molecule has 0 saturated heterocycles. The molecule has 0 atom stereocenters. The zero-order valence-electron chi connectivity index (χ0n) is 26.1. The minimum absolute atomic E-state index is 0.0375. The highest BCUT2D eigenvalue weighted by Gasteiger charge is 2.32. The van der Waals surface area contributed by atoms with E-state index in [9.17, 15) is 13.6 Å². The number of ketones is 1. The topological polar surface area (TPSA) is 32.7 Å². The lowest BCUT2D eigenvalue weighted by molar-refractivity contribution is -0.116. The van der Waals surface area contributed by atoms with Crippen molar-refractivity contribution in [2.75, 3.05) is 13.1 Å². The van der Waals surface area contributed by atoms with Gasteiger partial charge in [0.15, 0.2) is 5.78 Å². The fourth-order valence-electron chi connectivity index (χ4n) is 6.29. The number of unbranched alkanes of at least 4 members (excludes halogenated alkanes) is 1. The molecule has 0 N–H and O–H groups in total. The summed E-state index contributed by atoms with van der Waals surface area (Å²) in [5.74, 6) is 0.696. The Morgan fingerprint density at radius 3 is 2.70 bits per heavy atom. The summed E-state index contributed by atoms with van der Waals surface area (Å²) in [4.78, 5) is 19.6. The van der Waals surface area contributed by atoms with E-state index in [1.807, 2.05) is 12.4 Å². The first kappa shape index (κ1) is 31.8. The molecule has 1 saturated carbocycles. The van der Waals surface area contributed by atoms with Crippen LogP contribution in [0.2, 0.25) is 0 Å². The van der Waals surface area contributed by atoms with Crippen molar-refractivity contribution in [1.82, 2.24) is 4.90 Å². The van der Waals surface area contributed by atoms with Gasteiger partial charge >= 0.3 is 0 Å². The van der Waals surface area contributed by atoms with Crippen molar-refractivity contribution in [3.8, 4) is 0 Å².